The van der Waals surface area contributed by atoms with Gasteiger partial charge in [-0.25, -0.2) is 9.38 Å². The van der Waals surface area contributed by atoms with E-state index in [1.54, 1.807) is 6.07 Å². The van der Waals surface area contributed by atoms with Crippen molar-refractivity contribution in [1.82, 2.24) is 10.6 Å². The number of halogens is 1. The van der Waals surface area contributed by atoms with E-state index in [2.05, 4.69) is 22.5 Å². The van der Waals surface area contributed by atoms with Crippen LogP contribution in [0.25, 0.3) is 0 Å². The van der Waals surface area contributed by atoms with E-state index < -0.39 is 0 Å². The predicted molar refractivity (Wildman–Crippen MR) is 78.7 cm³/mol. The van der Waals surface area contributed by atoms with E-state index in [0.717, 1.165) is 31.0 Å². The van der Waals surface area contributed by atoms with Crippen molar-refractivity contribution in [3.05, 3.63) is 35.6 Å². The smallest absolute Gasteiger partial charge is 0.191 e. The summed E-state index contributed by atoms with van der Waals surface area (Å²) < 4.78 is 13.0. The van der Waals surface area contributed by atoms with Crippen molar-refractivity contribution < 1.29 is 4.39 Å². The number of benzene rings is 1. The standard InChI is InChI=1S/C15H24FN3/c1-3-5-6-10-18-15(17-4-2)19-12-13-8-7-9-14(16)11-13/h7-9,11H,3-6,10,12H2,1-2H3,(H2,17,18,19). The topological polar surface area (TPSA) is 36.4 Å². The molecule has 1 aromatic rings. The molecule has 1 rings (SSSR count). The van der Waals surface area contributed by atoms with Gasteiger partial charge in [-0.1, -0.05) is 31.9 Å². The zero-order valence-corrected chi connectivity index (χ0v) is 11.9. The number of nitrogens with zero attached hydrogens (tertiary/aromatic N) is 1. The van der Waals surface area contributed by atoms with Crippen molar-refractivity contribution in [2.45, 2.75) is 39.7 Å². The number of aliphatic imine (C=N–C) groups is 1. The van der Waals surface area contributed by atoms with Crippen LogP contribution in [0.5, 0.6) is 0 Å². The van der Waals surface area contributed by atoms with Crippen LogP contribution in [0.15, 0.2) is 29.3 Å². The molecule has 0 aliphatic carbocycles. The third kappa shape index (κ3) is 6.79. The second-order valence-corrected chi connectivity index (χ2v) is 4.46. The Kier molecular flexibility index (Phi) is 7.63. The Bertz CT molecular complexity index is 391. The molecular weight excluding hydrogens is 241 g/mol. The first-order chi connectivity index (χ1) is 9.26. The molecule has 0 spiro atoms. The van der Waals surface area contributed by atoms with Gasteiger partial charge in [0.15, 0.2) is 5.96 Å². The van der Waals surface area contributed by atoms with Crippen LogP contribution < -0.4 is 10.6 Å². The van der Waals surface area contributed by atoms with Crippen molar-refractivity contribution in [3.8, 4) is 0 Å². The van der Waals surface area contributed by atoms with Gasteiger partial charge in [-0.3, -0.25) is 0 Å². The van der Waals surface area contributed by atoms with E-state index >= 15 is 0 Å². The lowest BCUT2D eigenvalue weighted by molar-refractivity contribution is 0.625. The quantitative estimate of drug-likeness (QED) is 0.451. The average molecular weight is 265 g/mol. The van der Waals surface area contributed by atoms with Crippen LogP contribution in [0, 0.1) is 5.82 Å². The second kappa shape index (κ2) is 9.36. The molecule has 1 aromatic carbocycles. The summed E-state index contributed by atoms with van der Waals surface area (Å²) in [4.78, 5) is 4.45. The largest absolute Gasteiger partial charge is 0.357 e. The van der Waals surface area contributed by atoms with Crippen LogP contribution in [0.1, 0.15) is 38.7 Å². The third-order valence-electron chi connectivity index (χ3n) is 2.73. The van der Waals surface area contributed by atoms with E-state index in [1.807, 2.05) is 13.0 Å². The van der Waals surface area contributed by atoms with Gasteiger partial charge in [0, 0.05) is 13.1 Å². The van der Waals surface area contributed by atoms with Gasteiger partial charge in [0.25, 0.3) is 0 Å². The minimum Gasteiger partial charge on any atom is -0.357 e. The normalized spacial score (nSPS) is 11.4. The van der Waals surface area contributed by atoms with E-state index in [0.29, 0.717) is 6.54 Å². The van der Waals surface area contributed by atoms with Crippen molar-refractivity contribution in [2.24, 2.45) is 4.99 Å². The Hall–Kier alpha value is -1.58. The maximum absolute atomic E-state index is 13.0. The Morgan fingerprint density at radius 2 is 2.05 bits per heavy atom. The van der Waals surface area contributed by atoms with Crippen molar-refractivity contribution in [1.29, 1.82) is 0 Å². The monoisotopic (exact) mass is 265 g/mol. The fourth-order valence-electron chi connectivity index (χ4n) is 1.73. The lowest BCUT2D eigenvalue weighted by atomic mass is 10.2. The second-order valence-electron chi connectivity index (χ2n) is 4.46. The van der Waals surface area contributed by atoms with Gasteiger partial charge in [0.2, 0.25) is 0 Å². The highest BCUT2D eigenvalue weighted by atomic mass is 19.1. The minimum absolute atomic E-state index is 0.214. The van der Waals surface area contributed by atoms with Crippen LogP contribution >= 0.6 is 0 Å². The SMILES string of the molecule is CCCCCNC(=NCc1cccc(F)c1)NCC. The molecule has 0 saturated heterocycles. The lowest BCUT2D eigenvalue weighted by Crippen LogP contribution is -2.37. The maximum atomic E-state index is 13.0. The van der Waals surface area contributed by atoms with Crippen LogP contribution in [0.3, 0.4) is 0 Å². The fraction of sp³-hybridized carbons (Fsp3) is 0.533. The Balaban J connectivity index is 2.47. The highest BCUT2D eigenvalue weighted by Gasteiger charge is 1.98. The summed E-state index contributed by atoms with van der Waals surface area (Å²) in [6.45, 7) is 6.45. The molecule has 0 atom stereocenters. The van der Waals surface area contributed by atoms with Crippen LogP contribution in [0.2, 0.25) is 0 Å². The van der Waals surface area contributed by atoms with Gasteiger partial charge in [-0.15, -0.1) is 0 Å². The maximum Gasteiger partial charge on any atom is 0.191 e. The van der Waals surface area contributed by atoms with Crippen LogP contribution in [-0.4, -0.2) is 19.0 Å². The fourth-order valence-corrected chi connectivity index (χ4v) is 1.73. The molecule has 0 heterocycles. The minimum atomic E-state index is -0.214. The van der Waals surface area contributed by atoms with Gasteiger partial charge >= 0.3 is 0 Å². The molecule has 19 heavy (non-hydrogen) atoms. The molecule has 0 amide bonds. The number of hydrogen-bond acceptors (Lipinski definition) is 1. The first-order valence-corrected chi connectivity index (χ1v) is 7.03. The number of guanidine groups is 1. The molecule has 0 aromatic heterocycles. The zero-order chi connectivity index (χ0) is 13.9. The Morgan fingerprint density at radius 3 is 2.74 bits per heavy atom. The summed E-state index contributed by atoms with van der Waals surface area (Å²) in [6, 6.07) is 6.56. The molecule has 0 aliphatic heterocycles. The highest BCUT2D eigenvalue weighted by molar-refractivity contribution is 5.79. The number of rotatable bonds is 7. The van der Waals surface area contributed by atoms with Crippen LogP contribution in [-0.2, 0) is 6.54 Å². The van der Waals surface area contributed by atoms with Gasteiger partial charge in [-0.05, 0) is 31.0 Å². The van der Waals surface area contributed by atoms with Gasteiger partial charge < -0.3 is 10.6 Å². The number of hydrogen-bond donors (Lipinski definition) is 2. The molecule has 0 radical (unpaired) electrons. The summed E-state index contributed by atoms with van der Waals surface area (Å²) in [5, 5.41) is 6.48. The lowest BCUT2D eigenvalue weighted by Gasteiger charge is -2.11. The molecular formula is C15H24FN3. The molecule has 0 bridgehead atoms. The van der Waals surface area contributed by atoms with E-state index in [-0.39, 0.29) is 5.82 Å². The number of nitrogens with one attached hydrogen (secondary N) is 2. The summed E-state index contributed by atoms with van der Waals surface area (Å²) in [5.74, 6) is 0.580. The molecule has 3 nitrogen and oxygen atoms in total. The zero-order valence-electron chi connectivity index (χ0n) is 11.9. The van der Waals surface area contributed by atoms with Crippen LogP contribution in [0.4, 0.5) is 4.39 Å². The summed E-state index contributed by atoms with van der Waals surface area (Å²) >= 11 is 0. The molecule has 0 saturated carbocycles. The molecule has 4 heteroatoms. The first-order valence-electron chi connectivity index (χ1n) is 7.03. The summed E-state index contributed by atoms with van der Waals surface area (Å²) in [5.41, 5.74) is 0.880. The van der Waals surface area contributed by atoms with Crippen molar-refractivity contribution >= 4 is 5.96 Å². The van der Waals surface area contributed by atoms with Crippen molar-refractivity contribution in [2.75, 3.05) is 13.1 Å². The summed E-state index contributed by atoms with van der Waals surface area (Å²) in [7, 11) is 0. The summed E-state index contributed by atoms with van der Waals surface area (Å²) in [6.07, 6.45) is 3.57. The predicted octanol–water partition coefficient (Wildman–Crippen LogP) is 3.07. The average Bonchev–Trinajstić information content (AvgIpc) is 2.41. The molecule has 106 valence electrons. The molecule has 0 aliphatic rings. The van der Waals surface area contributed by atoms with Crippen molar-refractivity contribution in [3.63, 3.8) is 0 Å². The van der Waals surface area contributed by atoms with E-state index in [1.165, 1.54) is 25.0 Å². The van der Waals surface area contributed by atoms with E-state index in [4.69, 9.17) is 0 Å². The Morgan fingerprint density at radius 1 is 1.21 bits per heavy atom. The van der Waals surface area contributed by atoms with Gasteiger partial charge in [0.1, 0.15) is 5.82 Å². The molecule has 0 unspecified atom stereocenters. The third-order valence-corrected chi connectivity index (χ3v) is 2.73. The van der Waals surface area contributed by atoms with E-state index in [9.17, 15) is 4.39 Å². The highest BCUT2D eigenvalue weighted by Crippen LogP contribution is 2.04. The molecule has 0 fully saturated rings. The Labute approximate surface area is 115 Å². The molecule has 2 N–H and O–H groups in total. The first kappa shape index (κ1) is 15.5. The van der Waals surface area contributed by atoms with Gasteiger partial charge in [-0.2, -0.15) is 0 Å². The number of unbranched alkanes of at least 4 members (excludes halogenated alkanes) is 2. The van der Waals surface area contributed by atoms with Gasteiger partial charge in [0.05, 0.1) is 6.54 Å².